The molecule has 0 spiro atoms. The molecule has 5 nitrogen and oxygen atoms in total. The Bertz CT molecular complexity index is 513. The van der Waals surface area contributed by atoms with Crippen LogP contribution in [0.2, 0.25) is 0 Å². The normalized spacial score (nSPS) is 12.4. The van der Waals surface area contributed by atoms with Gasteiger partial charge in [-0.15, -0.1) is 0 Å². The van der Waals surface area contributed by atoms with Crippen LogP contribution in [0.15, 0.2) is 29.8 Å². The molecule has 1 atom stereocenters. The van der Waals surface area contributed by atoms with Crippen molar-refractivity contribution in [3.63, 3.8) is 0 Å². The highest BCUT2D eigenvalue weighted by molar-refractivity contribution is 6.01. The molecule has 5 heteroatoms. The predicted octanol–water partition coefficient (Wildman–Crippen LogP) is 1.49. The predicted molar refractivity (Wildman–Crippen MR) is 75.9 cm³/mol. The van der Waals surface area contributed by atoms with Gasteiger partial charge in [-0.05, 0) is 37.6 Å². The van der Waals surface area contributed by atoms with Gasteiger partial charge in [0.2, 0.25) is 0 Å². The first kappa shape index (κ1) is 15.7. The van der Waals surface area contributed by atoms with Crippen LogP contribution in [0.4, 0.5) is 0 Å². The number of amides is 1. The zero-order valence-corrected chi connectivity index (χ0v) is 11.6. The van der Waals surface area contributed by atoms with Crippen molar-refractivity contribution in [2.45, 2.75) is 20.0 Å². The molecule has 1 aromatic rings. The average molecular weight is 274 g/mol. The summed E-state index contributed by atoms with van der Waals surface area (Å²) in [6.07, 6.45) is 0.844. The maximum atomic E-state index is 11.7. The van der Waals surface area contributed by atoms with E-state index in [-0.39, 0.29) is 12.1 Å². The van der Waals surface area contributed by atoms with Crippen LogP contribution in [0.1, 0.15) is 19.4 Å². The summed E-state index contributed by atoms with van der Waals surface area (Å²) in [7, 11) is 0. The number of nitrogens with one attached hydrogen (secondary N) is 1. The average Bonchev–Trinajstić information content (AvgIpc) is 2.44. The highest BCUT2D eigenvalue weighted by atomic mass is 16.5. The largest absolute Gasteiger partial charge is 0.494 e. The lowest BCUT2D eigenvalue weighted by atomic mass is 10.1. The summed E-state index contributed by atoms with van der Waals surface area (Å²) in [5, 5.41) is 20.6. The number of carbonyl (C=O) groups is 1. The fourth-order valence-corrected chi connectivity index (χ4v) is 1.48. The summed E-state index contributed by atoms with van der Waals surface area (Å²) in [4.78, 5) is 11.7. The van der Waals surface area contributed by atoms with Crippen molar-refractivity contribution in [3.05, 3.63) is 35.4 Å². The fraction of sp³-hybridized carbons (Fsp3) is 0.333. The van der Waals surface area contributed by atoms with E-state index in [1.54, 1.807) is 31.2 Å². The molecule has 0 aromatic heterocycles. The van der Waals surface area contributed by atoms with Gasteiger partial charge in [-0.3, -0.25) is 4.79 Å². The number of benzene rings is 1. The molecule has 106 valence electrons. The van der Waals surface area contributed by atoms with Gasteiger partial charge in [0.05, 0.1) is 12.7 Å². The van der Waals surface area contributed by atoms with E-state index in [1.807, 2.05) is 13.0 Å². The van der Waals surface area contributed by atoms with Crippen LogP contribution < -0.4 is 10.1 Å². The van der Waals surface area contributed by atoms with Gasteiger partial charge in [0.1, 0.15) is 17.4 Å². The molecule has 2 N–H and O–H groups in total. The monoisotopic (exact) mass is 274 g/mol. The summed E-state index contributed by atoms with van der Waals surface area (Å²) >= 11 is 0. The lowest BCUT2D eigenvalue weighted by Gasteiger charge is -2.06. The second-order valence-electron chi connectivity index (χ2n) is 4.23. The van der Waals surface area contributed by atoms with E-state index in [0.717, 1.165) is 11.3 Å². The first-order chi connectivity index (χ1) is 9.56. The first-order valence-corrected chi connectivity index (χ1v) is 6.37. The van der Waals surface area contributed by atoms with Gasteiger partial charge < -0.3 is 15.2 Å². The minimum Gasteiger partial charge on any atom is -0.494 e. The second-order valence-corrected chi connectivity index (χ2v) is 4.23. The van der Waals surface area contributed by atoms with Crippen LogP contribution in [0.25, 0.3) is 6.08 Å². The zero-order chi connectivity index (χ0) is 15.0. The second kappa shape index (κ2) is 7.97. The number of aliphatic hydroxyl groups excluding tert-OH is 1. The lowest BCUT2D eigenvalue weighted by Crippen LogP contribution is -2.31. The molecule has 0 radical (unpaired) electrons. The van der Waals surface area contributed by atoms with Gasteiger partial charge in [-0.25, -0.2) is 0 Å². The van der Waals surface area contributed by atoms with E-state index in [1.165, 1.54) is 6.08 Å². The summed E-state index contributed by atoms with van der Waals surface area (Å²) in [6.45, 7) is 4.15. The number of nitrogens with zero attached hydrogens (tertiary/aromatic N) is 1. The number of ether oxygens (including phenoxy) is 1. The Balaban J connectivity index is 2.78. The fourth-order valence-electron chi connectivity index (χ4n) is 1.48. The van der Waals surface area contributed by atoms with Crippen LogP contribution in [0, 0.1) is 11.3 Å². The smallest absolute Gasteiger partial charge is 0.262 e. The van der Waals surface area contributed by atoms with Gasteiger partial charge in [0, 0.05) is 6.54 Å². The molecule has 0 aliphatic heterocycles. The Morgan fingerprint density at radius 3 is 2.65 bits per heavy atom. The molecule has 0 saturated heterocycles. The SMILES string of the molecule is CCOc1ccc(/C=C(/C#N)C(=O)NCC(C)O)cc1. The highest BCUT2D eigenvalue weighted by Crippen LogP contribution is 2.14. The quantitative estimate of drug-likeness (QED) is 0.608. The number of hydrogen-bond acceptors (Lipinski definition) is 4. The lowest BCUT2D eigenvalue weighted by molar-refractivity contribution is -0.117. The van der Waals surface area contributed by atoms with Crippen LogP contribution >= 0.6 is 0 Å². The molecule has 1 unspecified atom stereocenters. The topological polar surface area (TPSA) is 82.3 Å². The summed E-state index contributed by atoms with van der Waals surface area (Å²) in [6, 6.07) is 8.94. The van der Waals surface area contributed by atoms with Crippen molar-refractivity contribution in [3.8, 4) is 11.8 Å². The molecule has 0 aliphatic carbocycles. The molecule has 0 aliphatic rings. The van der Waals surface area contributed by atoms with E-state index in [4.69, 9.17) is 15.1 Å². The van der Waals surface area contributed by atoms with Crippen LogP contribution in [-0.2, 0) is 4.79 Å². The summed E-state index contributed by atoms with van der Waals surface area (Å²) in [5.74, 6) is 0.240. The standard InChI is InChI=1S/C15H18N2O3/c1-3-20-14-6-4-12(5-7-14)8-13(9-16)15(19)17-10-11(2)18/h4-8,11,18H,3,10H2,1-2H3,(H,17,19)/b13-8-. The molecule has 1 aromatic carbocycles. The Morgan fingerprint density at radius 1 is 1.50 bits per heavy atom. The highest BCUT2D eigenvalue weighted by Gasteiger charge is 2.09. The van der Waals surface area contributed by atoms with E-state index in [2.05, 4.69) is 5.32 Å². The molecule has 0 bridgehead atoms. The molecule has 1 rings (SSSR count). The summed E-state index contributed by atoms with van der Waals surface area (Å²) in [5.41, 5.74) is 0.729. The molecule has 0 fully saturated rings. The molecule has 1 amide bonds. The number of carbonyl (C=O) groups excluding carboxylic acids is 1. The van der Waals surface area contributed by atoms with E-state index in [0.29, 0.717) is 6.61 Å². The Labute approximate surface area is 118 Å². The molecule has 20 heavy (non-hydrogen) atoms. The minimum absolute atomic E-state index is 0.00481. The van der Waals surface area contributed by atoms with Gasteiger partial charge in [0.25, 0.3) is 5.91 Å². The first-order valence-electron chi connectivity index (χ1n) is 6.37. The molecule has 0 heterocycles. The van der Waals surface area contributed by atoms with Crippen LogP contribution in [-0.4, -0.2) is 30.3 Å². The van der Waals surface area contributed by atoms with Crippen LogP contribution in [0.3, 0.4) is 0 Å². The van der Waals surface area contributed by atoms with Gasteiger partial charge >= 0.3 is 0 Å². The van der Waals surface area contributed by atoms with Crippen molar-refractivity contribution in [1.29, 1.82) is 5.26 Å². The zero-order valence-electron chi connectivity index (χ0n) is 11.6. The van der Waals surface area contributed by atoms with Crippen molar-refractivity contribution < 1.29 is 14.6 Å². The molecule has 0 saturated carbocycles. The van der Waals surface area contributed by atoms with Crippen molar-refractivity contribution in [2.75, 3.05) is 13.2 Å². The Morgan fingerprint density at radius 2 is 2.15 bits per heavy atom. The van der Waals surface area contributed by atoms with Crippen molar-refractivity contribution >= 4 is 12.0 Å². The van der Waals surface area contributed by atoms with Crippen LogP contribution in [0.5, 0.6) is 5.75 Å². The van der Waals surface area contributed by atoms with Gasteiger partial charge in [-0.1, -0.05) is 12.1 Å². The third-order valence-electron chi connectivity index (χ3n) is 2.43. The summed E-state index contributed by atoms with van der Waals surface area (Å²) < 4.78 is 5.31. The third-order valence-corrected chi connectivity index (χ3v) is 2.43. The van der Waals surface area contributed by atoms with E-state index in [9.17, 15) is 4.79 Å². The van der Waals surface area contributed by atoms with Gasteiger partial charge in [0.15, 0.2) is 0 Å². The number of aliphatic hydroxyl groups is 1. The minimum atomic E-state index is -0.649. The van der Waals surface area contributed by atoms with E-state index >= 15 is 0 Å². The Kier molecular flexibility index (Phi) is 6.27. The van der Waals surface area contributed by atoms with Crippen molar-refractivity contribution in [2.24, 2.45) is 0 Å². The van der Waals surface area contributed by atoms with E-state index < -0.39 is 12.0 Å². The Hall–Kier alpha value is -2.32. The van der Waals surface area contributed by atoms with Gasteiger partial charge in [-0.2, -0.15) is 5.26 Å². The molecular weight excluding hydrogens is 256 g/mol. The number of nitriles is 1. The maximum absolute atomic E-state index is 11.7. The maximum Gasteiger partial charge on any atom is 0.262 e. The number of hydrogen-bond donors (Lipinski definition) is 2. The molecular formula is C15H18N2O3. The van der Waals surface area contributed by atoms with Crippen molar-refractivity contribution in [1.82, 2.24) is 5.32 Å². The third kappa shape index (κ3) is 5.12. The number of rotatable bonds is 6.